The number of ether oxygens (including phenoxy) is 1. The number of pyridine rings is 1. The smallest absolute Gasteiger partial charge is 0.213 e. The second-order valence-corrected chi connectivity index (χ2v) is 3.75. The lowest BCUT2D eigenvalue weighted by atomic mass is 10.2. The van der Waals surface area contributed by atoms with Gasteiger partial charge < -0.3 is 10.1 Å². The summed E-state index contributed by atoms with van der Waals surface area (Å²) in [6, 6.07) is 1.88. The Balaban J connectivity index is 2.61. The molecule has 0 aliphatic heterocycles. The summed E-state index contributed by atoms with van der Waals surface area (Å²) in [4.78, 5) is 4.11. The lowest BCUT2D eigenvalue weighted by Crippen LogP contribution is -2.07. The van der Waals surface area contributed by atoms with Crippen molar-refractivity contribution in [1.29, 1.82) is 0 Å². The first-order chi connectivity index (χ1) is 7.27. The van der Waals surface area contributed by atoms with Gasteiger partial charge in [-0.05, 0) is 19.0 Å². The van der Waals surface area contributed by atoms with Crippen LogP contribution in [0.25, 0.3) is 0 Å². The molecule has 84 valence electrons. The zero-order valence-electron chi connectivity index (χ0n) is 9.22. The minimum absolute atomic E-state index is 0.651. The maximum atomic E-state index is 5.98. The van der Waals surface area contributed by atoms with Gasteiger partial charge in [-0.3, -0.25) is 0 Å². The number of nitrogens with one attached hydrogen (secondary N) is 1. The Hall–Kier alpha value is -0.800. The van der Waals surface area contributed by atoms with E-state index in [1.54, 1.807) is 6.20 Å². The van der Waals surface area contributed by atoms with Gasteiger partial charge in [0, 0.05) is 18.8 Å². The standard InChI is InChI=1S/C11H17ClN2O/c1-3-4-5-15-11-6-9(7-13-2)10(12)8-14-11/h6,8,13H,3-5,7H2,1-2H3. The zero-order valence-corrected chi connectivity index (χ0v) is 9.97. The van der Waals surface area contributed by atoms with Crippen molar-refractivity contribution < 1.29 is 4.74 Å². The molecule has 0 aromatic carbocycles. The topological polar surface area (TPSA) is 34.1 Å². The molecule has 1 rings (SSSR count). The molecule has 0 unspecified atom stereocenters. The van der Waals surface area contributed by atoms with Crippen LogP contribution in [0.1, 0.15) is 25.3 Å². The summed E-state index contributed by atoms with van der Waals surface area (Å²) in [7, 11) is 1.88. The van der Waals surface area contributed by atoms with Crippen molar-refractivity contribution in [3.63, 3.8) is 0 Å². The molecule has 0 fully saturated rings. The van der Waals surface area contributed by atoms with Gasteiger partial charge in [0.15, 0.2) is 0 Å². The fourth-order valence-corrected chi connectivity index (χ4v) is 1.35. The van der Waals surface area contributed by atoms with Crippen LogP contribution >= 0.6 is 11.6 Å². The van der Waals surface area contributed by atoms with E-state index in [1.807, 2.05) is 13.1 Å². The molecular formula is C11H17ClN2O. The summed E-state index contributed by atoms with van der Waals surface area (Å²) in [6.45, 7) is 3.57. The maximum absolute atomic E-state index is 5.98. The Kier molecular flexibility index (Phi) is 5.43. The van der Waals surface area contributed by atoms with Crippen molar-refractivity contribution in [1.82, 2.24) is 10.3 Å². The summed E-state index contributed by atoms with van der Waals surface area (Å²) in [6.07, 6.45) is 3.80. The first kappa shape index (κ1) is 12.3. The van der Waals surface area contributed by atoms with Crippen LogP contribution in [0, 0.1) is 0 Å². The molecule has 1 heterocycles. The van der Waals surface area contributed by atoms with E-state index in [4.69, 9.17) is 16.3 Å². The summed E-state index contributed by atoms with van der Waals surface area (Å²) in [5, 5.41) is 3.72. The fraction of sp³-hybridized carbons (Fsp3) is 0.545. The first-order valence-electron chi connectivity index (χ1n) is 5.19. The van der Waals surface area contributed by atoms with Crippen molar-refractivity contribution >= 4 is 11.6 Å². The van der Waals surface area contributed by atoms with E-state index in [2.05, 4.69) is 17.2 Å². The number of aromatic nitrogens is 1. The van der Waals surface area contributed by atoms with Crippen LogP contribution in [0.2, 0.25) is 5.02 Å². The number of unbranched alkanes of at least 4 members (excludes halogenated alkanes) is 1. The monoisotopic (exact) mass is 228 g/mol. The maximum Gasteiger partial charge on any atom is 0.213 e. The van der Waals surface area contributed by atoms with E-state index in [9.17, 15) is 0 Å². The highest BCUT2D eigenvalue weighted by Gasteiger charge is 2.03. The largest absolute Gasteiger partial charge is 0.478 e. The quantitative estimate of drug-likeness (QED) is 0.761. The molecule has 0 aliphatic rings. The van der Waals surface area contributed by atoms with Crippen molar-refractivity contribution in [2.75, 3.05) is 13.7 Å². The molecule has 1 aromatic heterocycles. The molecule has 1 aromatic rings. The van der Waals surface area contributed by atoms with Crippen LogP contribution in [-0.2, 0) is 6.54 Å². The molecule has 0 spiro atoms. The van der Waals surface area contributed by atoms with Gasteiger partial charge in [0.25, 0.3) is 0 Å². The number of hydrogen-bond donors (Lipinski definition) is 1. The Morgan fingerprint density at radius 1 is 1.53 bits per heavy atom. The SMILES string of the molecule is CCCCOc1cc(CNC)c(Cl)cn1. The average Bonchev–Trinajstić information content (AvgIpc) is 2.23. The Labute approximate surface area is 95.8 Å². The minimum Gasteiger partial charge on any atom is -0.478 e. The highest BCUT2D eigenvalue weighted by molar-refractivity contribution is 6.31. The molecule has 0 amide bonds. The van der Waals surface area contributed by atoms with E-state index >= 15 is 0 Å². The van der Waals surface area contributed by atoms with Crippen LogP contribution in [0.4, 0.5) is 0 Å². The van der Waals surface area contributed by atoms with Gasteiger partial charge in [0.1, 0.15) is 0 Å². The van der Waals surface area contributed by atoms with Crippen molar-refractivity contribution in [3.05, 3.63) is 22.8 Å². The van der Waals surface area contributed by atoms with Gasteiger partial charge >= 0.3 is 0 Å². The molecule has 4 heteroatoms. The molecule has 0 radical (unpaired) electrons. The molecule has 1 N–H and O–H groups in total. The van der Waals surface area contributed by atoms with E-state index in [0.717, 1.165) is 24.9 Å². The molecule has 0 bridgehead atoms. The van der Waals surface area contributed by atoms with Gasteiger partial charge in [-0.2, -0.15) is 0 Å². The van der Waals surface area contributed by atoms with Gasteiger partial charge in [0.2, 0.25) is 5.88 Å². The molecule has 0 atom stereocenters. The molecule has 15 heavy (non-hydrogen) atoms. The Bertz CT molecular complexity index is 305. The highest BCUT2D eigenvalue weighted by Crippen LogP contribution is 2.19. The third-order valence-electron chi connectivity index (χ3n) is 2.02. The summed E-state index contributed by atoms with van der Waals surface area (Å²) in [5.74, 6) is 0.651. The molecular weight excluding hydrogens is 212 g/mol. The summed E-state index contributed by atoms with van der Waals surface area (Å²) < 4.78 is 5.49. The van der Waals surface area contributed by atoms with Gasteiger partial charge in [-0.1, -0.05) is 24.9 Å². The zero-order chi connectivity index (χ0) is 11.1. The Morgan fingerprint density at radius 3 is 3.00 bits per heavy atom. The van der Waals surface area contributed by atoms with E-state index < -0.39 is 0 Å². The predicted octanol–water partition coefficient (Wildman–Crippen LogP) is 2.63. The molecule has 0 aliphatic carbocycles. The minimum atomic E-state index is 0.651. The average molecular weight is 229 g/mol. The highest BCUT2D eigenvalue weighted by atomic mass is 35.5. The number of hydrogen-bond acceptors (Lipinski definition) is 3. The van der Waals surface area contributed by atoms with E-state index in [0.29, 0.717) is 17.5 Å². The van der Waals surface area contributed by atoms with Crippen LogP contribution in [0.5, 0.6) is 5.88 Å². The van der Waals surface area contributed by atoms with Gasteiger partial charge in [-0.25, -0.2) is 4.98 Å². The molecule has 0 saturated heterocycles. The third kappa shape index (κ3) is 4.06. The molecule has 0 saturated carbocycles. The second kappa shape index (κ2) is 6.64. The third-order valence-corrected chi connectivity index (χ3v) is 2.36. The first-order valence-corrected chi connectivity index (χ1v) is 5.57. The number of halogens is 1. The van der Waals surface area contributed by atoms with Crippen LogP contribution in [-0.4, -0.2) is 18.6 Å². The van der Waals surface area contributed by atoms with Crippen molar-refractivity contribution in [3.8, 4) is 5.88 Å². The van der Waals surface area contributed by atoms with Crippen LogP contribution < -0.4 is 10.1 Å². The Morgan fingerprint density at radius 2 is 2.33 bits per heavy atom. The number of nitrogens with zero attached hydrogens (tertiary/aromatic N) is 1. The summed E-state index contributed by atoms with van der Waals surface area (Å²) in [5.41, 5.74) is 1.01. The van der Waals surface area contributed by atoms with Crippen LogP contribution in [0.15, 0.2) is 12.3 Å². The predicted molar refractivity (Wildman–Crippen MR) is 62.4 cm³/mol. The normalized spacial score (nSPS) is 10.3. The molecule has 3 nitrogen and oxygen atoms in total. The van der Waals surface area contributed by atoms with E-state index in [-0.39, 0.29) is 0 Å². The lowest BCUT2D eigenvalue weighted by Gasteiger charge is -2.07. The van der Waals surface area contributed by atoms with E-state index in [1.165, 1.54) is 0 Å². The second-order valence-electron chi connectivity index (χ2n) is 3.35. The van der Waals surface area contributed by atoms with Crippen molar-refractivity contribution in [2.24, 2.45) is 0 Å². The fourth-order valence-electron chi connectivity index (χ4n) is 1.18. The summed E-state index contributed by atoms with van der Waals surface area (Å²) >= 11 is 5.98. The van der Waals surface area contributed by atoms with Gasteiger partial charge in [0.05, 0.1) is 11.6 Å². The van der Waals surface area contributed by atoms with Gasteiger partial charge in [-0.15, -0.1) is 0 Å². The number of rotatable bonds is 6. The van der Waals surface area contributed by atoms with Crippen molar-refractivity contribution in [2.45, 2.75) is 26.3 Å². The van der Waals surface area contributed by atoms with Crippen LogP contribution in [0.3, 0.4) is 0 Å². The lowest BCUT2D eigenvalue weighted by molar-refractivity contribution is 0.297.